The monoisotopic (exact) mass is 401 g/mol. The van der Waals surface area contributed by atoms with Gasteiger partial charge in [-0.25, -0.2) is 4.79 Å². The third-order valence-electron chi connectivity index (χ3n) is 4.53. The molecule has 30 heavy (non-hydrogen) atoms. The van der Waals surface area contributed by atoms with Crippen molar-refractivity contribution in [2.45, 2.75) is 6.61 Å². The number of nitrogens with one attached hydrogen (secondary N) is 1. The highest BCUT2D eigenvalue weighted by Crippen LogP contribution is 2.23. The molecule has 0 saturated heterocycles. The van der Waals surface area contributed by atoms with Crippen LogP contribution < -0.4 is 20.4 Å². The minimum absolute atomic E-state index is 0.231. The lowest BCUT2D eigenvalue weighted by Crippen LogP contribution is -2.15. The van der Waals surface area contributed by atoms with Crippen LogP contribution in [0.4, 0.5) is 5.69 Å². The van der Waals surface area contributed by atoms with Crippen molar-refractivity contribution < 1.29 is 18.7 Å². The summed E-state index contributed by atoms with van der Waals surface area (Å²) in [6.07, 6.45) is 0. The SMILES string of the molecule is COc1ccc2c(C(=O)Nc3cccc(COc4ccccc4)c3)cc(=O)oc2c1. The number of anilines is 1. The van der Waals surface area contributed by atoms with E-state index in [2.05, 4.69) is 5.32 Å². The van der Waals surface area contributed by atoms with Crippen LogP contribution in [0.25, 0.3) is 11.0 Å². The predicted octanol–water partition coefficient (Wildman–Crippen LogP) is 4.63. The number of rotatable bonds is 6. The highest BCUT2D eigenvalue weighted by molar-refractivity contribution is 6.12. The molecule has 4 aromatic rings. The smallest absolute Gasteiger partial charge is 0.337 e. The second kappa shape index (κ2) is 8.53. The number of carbonyl (C=O) groups is 1. The van der Waals surface area contributed by atoms with E-state index >= 15 is 0 Å². The van der Waals surface area contributed by atoms with Crippen LogP contribution in [0, 0.1) is 0 Å². The second-order valence-corrected chi connectivity index (χ2v) is 6.60. The Bertz CT molecular complexity index is 1250. The van der Waals surface area contributed by atoms with Gasteiger partial charge in [-0.3, -0.25) is 4.79 Å². The van der Waals surface area contributed by atoms with Crippen LogP contribution in [0.15, 0.2) is 88.1 Å². The van der Waals surface area contributed by atoms with E-state index < -0.39 is 11.5 Å². The van der Waals surface area contributed by atoms with Crippen LogP contribution in [0.3, 0.4) is 0 Å². The molecular weight excluding hydrogens is 382 g/mol. The molecule has 0 atom stereocenters. The van der Waals surface area contributed by atoms with Crippen LogP contribution in [0.2, 0.25) is 0 Å². The summed E-state index contributed by atoms with van der Waals surface area (Å²) in [5, 5.41) is 3.36. The maximum atomic E-state index is 12.9. The summed E-state index contributed by atoms with van der Waals surface area (Å²) in [6.45, 7) is 0.366. The van der Waals surface area contributed by atoms with Crippen molar-refractivity contribution in [2.24, 2.45) is 0 Å². The highest BCUT2D eigenvalue weighted by atomic mass is 16.5. The van der Waals surface area contributed by atoms with Gasteiger partial charge in [0.05, 0.1) is 12.7 Å². The van der Waals surface area contributed by atoms with Crippen molar-refractivity contribution >= 4 is 22.6 Å². The molecule has 0 unspecified atom stereocenters. The highest BCUT2D eigenvalue weighted by Gasteiger charge is 2.14. The lowest BCUT2D eigenvalue weighted by atomic mass is 10.1. The van der Waals surface area contributed by atoms with Crippen molar-refractivity contribution in [3.8, 4) is 11.5 Å². The Morgan fingerprint density at radius 2 is 1.77 bits per heavy atom. The molecule has 3 aromatic carbocycles. The minimum Gasteiger partial charge on any atom is -0.497 e. The molecule has 150 valence electrons. The maximum absolute atomic E-state index is 12.9. The summed E-state index contributed by atoms with van der Waals surface area (Å²) in [6, 6.07) is 23.0. The van der Waals surface area contributed by atoms with Crippen LogP contribution in [-0.2, 0) is 6.61 Å². The fourth-order valence-electron chi connectivity index (χ4n) is 3.08. The second-order valence-electron chi connectivity index (χ2n) is 6.60. The first kappa shape index (κ1) is 19.3. The number of hydrogen-bond donors (Lipinski definition) is 1. The molecule has 0 aliphatic heterocycles. The van der Waals surface area contributed by atoms with E-state index in [4.69, 9.17) is 13.9 Å². The number of methoxy groups -OCH3 is 1. The Kier molecular flexibility index (Phi) is 5.48. The Morgan fingerprint density at radius 3 is 2.57 bits per heavy atom. The van der Waals surface area contributed by atoms with E-state index in [0.717, 1.165) is 11.3 Å². The van der Waals surface area contributed by atoms with Gasteiger partial charge >= 0.3 is 5.63 Å². The molecule has 0 bridgehead atoms. The molecule has 6 nitrogen and oxygen atoms in total. The summed E-state index contributed by atoms with van der Waals surface area (Å²) in [5.74, 6) is 0.901. The number of benzene rings is 3. The van der Waals surface area contributed by atoms with Gasteiger partial charge in [-0.15, -0.1) is 0 Å². The van der Waals surface area contributed by atoms with Crippen molar-refractivity contribution in [3.63, 3.8) is 0 Å². The first-order chi connectivity index (χ1) is 14.6. The van der Waals surface area contributed by atoms with Crippen LogP contribution in [-0.4, -0.2) is 13.0 Å². The zero-order valence-corrected chi connectivity index (χ0v) is 16.3. The fourth-order valence-corrected chi connectivity index (χ4v) is 3.08. The third kappa shape index (κ3) is 4.33. The molecule has 0 fully saturated rings. The molecule has 1 N–H and O–H groups in total. The molecule has 1 amide bonds. The van der Waals surface area contributed by atoms with E-state index in [9.17, 15) is 9.59 Å². The summed E-state index contributed by atoms with van der Waals surface area (Å²) in [7, 11) is 1.52. The average molecular weight is 401 g/mol. The van der Waals surface area contributed by atoms with E-state index in [0.29, 0.717) is 23.4 Å². The molecule has 1 heterocycles. The molecule has 0 spiro atoms. The third-order valence-corrected chi connectivity index (χ3v) is 4.53. The average Bonchev–Trinajstić information content (AvgIpc) is 2.77. The van der Waals surface area contributed by atoms with Crippen molar-refractivity contribution in [1.29, 1.82) is 0 Å². The van der Waals surface area contributed by atoms with E-state index in [1.54, 1.807) is 24.3 Å². The molecule has 6 heteroatoms. The van der Waals surface area contributed by atoms with Crippen LogP contribution >= 0.6 is 0 Å². The first-order valence-electron chi connectivity index (χ1n) is 9.32. The summed E-state index contributed by atoms with van der Waals surface area (Å²) < 4.78 is 16.1. The lowest BCUT2D eigenvalue weighted by Gasteiger charge is -2.10. The number of amides is 1. The topological polar surface area (TPSA) is 77.8 Å². The van der Waals surface area contributed by atoms with Crippen molar-refractivity contribution in [1.82, 2.24) is 0 Å². The normalized spacial score (nSPS) is 10.6. The lowest BCUT2D eigenvalue weighted by molar-refractivity contribution is 0.102. The van der Waals surface area contributed by atoms with Crippen molar-refractivity contribution in [2.75, 3.05) is 12.4 Å². The molecule has 1 aromatic heterocycles. The van der Waals surface area contributed by atoms with Gasteiger partial charge in [0, 0.05) is 23.2 Å². The van der Waals surface area contributed by atoms with Gasteiger partial charge in [0.1, 0.15) is 23.7 Å². The zero-order chi connectivity index (χ0) is 20.9. The van der Waals surface area contributed by atoms with Gasteiger partial charge < -0.3 is 19.2 Å². The van der Waals surface area contributed by atoms with Gasteiger partial charge in [-0.1, -0.05) is 30.3 Å². The summed E-state index contributed by atoms with van der Waals surface area (Å²) >= 11 is 0. The summed E-state index contributed by atoms with van der Waals surface area (Å²) in [4.78, 5) is 24.8. The Labute approximate surface area is 172 Å². The molecule has 0 radical (unpaired) electrons. The number of fused-ring (bicyclic) bond motifs is 1. The standard InChI is InChI=1S/C24H19NO5/c1-28-19-10-11-20-21(14-23(26)30-22(20)13-19)24(27)25-17-7-5-6-16(12-17)15-29-18-8-3-2-4-9-18/h2-14H,15H2,1H3,(H,25,27). The maximum Gasteiger partial charge on any atom is 0.337 e. The van der Waals surface area contributed by atoms with Crippen LogP contribution in [0.1, 0.15) is 15.9 Å². The van der Waals surface area contributed by atoms with Gasteiger partial charge in [-0.2, -0.15) is 0 Å². The molecule has 0 aliphatic carbocycles. The van der Waals surface area contributed by atoms with E-state index in [-0.39, 0.29) is 11.1 Å². The molecule has 0 aliphatic rings. The van der Waals surface area contributed by atoms with Gasteiger partial charge in [0.25, 0.3) is 5.91 Å². The first-order valence-corrected chi connectivity index (χ1v) is 9.32. The Hall–Kier alpha value is -4.06. The van der Waals surface area contributed by atoms with Gasteiger partial charge in [0.15, 0.2) is 0 Å². The predicted molar refractivity (Wildman–Crippen MR) is 114 cm³/mol. The van der Waals surface area contributed by atoms with Crippen molar-refractivity contribution in [3.05, 3.63) is 100 Å². The van der Waals surface area contributed by atoms with Gasteiger partial charge in [-0.05, 0) is 42.0 Å². The zero-order valence-electron chi connectivity index (χ0n) is 16.3. The Morgan fingerprint density at radius 1 is 0.933 bits per heavy atom. The quantitative estimate of drug-likeness (QED) is 0.477. The minimum atomic E-state index is -0.606. The fraction of sp³-hybridized carbons (Fsp3) is 0.0833. The van der Waals surface area contributed by atoms with Crippen LogP contribution in [0.5, 0.6) is 11.5 Å². The Balaban J connectivity index is 1.55. The van der Waals surface area contributed by atoms with E-state index in [1.807, 2.05) is 48.5 Å². The molecule has 4 rings (SSSR count). The largest absolute Gasteiger partial charge is 0.497 e. The van der Waals surface area contributed by atoms with Gasteiger partial charge in [0.2, 0.25) is 0 Å². The summed E-state index contributed by atoms with van der Waals surface area (Å²) in [5.41, 5.74) is 1.42. The number of ether oxygens (including phenoxy) is 2. The number of para-hydroxylation sites is 1. The van der Waals surface area contributed by atoms with E-state index in [1.165, 1.54) is 13.2 Å². The molecule has 0 saturated carbocycles. The number of carbonyl (C=O) groups excluding carboxylic acids is 1. The number of hydrogen-bond acceptors (Lipinski definition) is 5. The molecular formula is C24H19NO5.